The average Bonchev–Trinajstić information content (AvgIpc) is 2.41. The van der Waals surface area contributed by atoms with Crippen molar-refractivity contribution in [2.45, 2.75) is 25.3 Å². The summed E-state index contributed by atoms with van der Waals surface area (Å²) in [5, 5.41) is 3.37. The van der Waals surface area contributed by atoms with Gasteiger partial charge in [-0.2, -0.15) is 0 Å². The maximum atomic E-state index is 3.69. The minimum Gasteiger partial charge on any atom is -0.307 e. The molecule has 1 atom stereocenters. The second-order valence-electron chi connectivity index (χ2n) is 2.66. The van der Waals surface area contributed by atoms with Crippen LogP contribution in [0.5, 0.6) is 0 Å². The zero-order chi connectivity index (χ0) is 7.23. The van der Waals surface area contributed by atoms with Gasteiger partial charge in [-0.1, -0.05) is 18.2 Å². The lowest BCUT2D eigenvalue weighted by Gasteiger charge is -2.06. The smallest absolute Gasteiger partial charge is 0.0253 e. The lowest BCUT2D eigenvalue weighted by Crippen LogP contribution is -2.21. The fourth-order valence-electron chi connectivity index (χ4n) is 1.20. The number of unbranched alkanes of at least 4 members (excludes halogenated alkanes) is 1. The van der Waals surface area contributed by atoms with E-state index >= 15 is 0 Å². The van der Waals surface area contributed by atoms with Gasteiger partial charge < -0.3 is 5.32 Å². The molecule has 10 heavy (non-hydrogen) atoms. The van der Waals surface area contributed by atoms with Gasteiger partial charge in [-0.25, -0.2) is 0 Å². The van der Waals surface area contributed by atoms with Crippen LogP contribution in [0, 0.1) is 0 Å². The first-order chi connectivity index (χ1) is 4.93. The molecule has 0 aliphatic carbocycles. The van der Waals surface area contributed by atoms with Gasteiger partial charge in [-0.15, -0.1) is 6.58 Å². The molecule has 56 valence electrons. The third-order valence-corrected chi connectivity index (χ3v) is 1.79. The Labute approximate surface area is 62.8 Å². The van der Waals surface area contributed by atoms with Crippen LogP contribution in [0.25, 0.3) is 0 Å². The molecule has 0 radical (unpaired) electrons. The monoisotopic (exact) mass is 137 g/mol. The van der Waals surface area contributed by atoms with Gasteiger partial charge in [0.15, 0.2) is 0 Å². The van der Waals surface area contributed by atoms with Gasteiger partial charge in [0.25, 0.3) is 0 Å². The van der Waals surface area contributed by atoms with E-state index in [1.807, 2.05) is 6.08 Å². The molecular formula is C9H15N. The van der Waals surface area contributed by atoms with Crippen LogP contribution in [0.4, 0.5) is 0 Å². The van der Waals surface area contributed by atoms with E-state index in [-0.39, 0.29) is 0 Å². The summed E-state index contributed by atoms with van der Waals surface area (Å²) in [5.74, 6) is 0. The minimum atomic E-state index is 0.639. The quantitative estimate of drug-likeness (QED) is 0.461. The average molecular weight is 137 g/mol. The van der Waals surface area contributed by atoms with Gasteiger partial charge >= 0.3 is 0 Å². The van der Waals surface area contributed by atoms with E-state index in [0.717, 1.165) is 13.0 Å². The molecule has 1 aliphatic heterocycles. The molecule has 0 spiro atoms. The van der Waals surface area contributed by atoms with Crippen LogP contribution in [0.15, 0.2) is 24.8 Å². The maximum absolute atomic E-state index is 3.69. The summed E-state index contributed by atoms with van der Waals surface area (Å²) in [6.45, 7) is 4.74. The third-order valence-electron chi connectivity index (χ3n) is 1.79. The summed E-state index contributed by atoms with van der Waals surface area (Å²) in [5.41, 5.74) is 0. The Morgan fingerprint density at radius 3 is 3.20 bits per heavy atom. The molecule has 0 saturated carbocycles. The Morgan fingerprint density at radius 2 is 2.60 bits per heavy atom. The van der Waals surface area contributed by atoms with Crippen molar-refractivity contribution in [1.29, 1.82) is 0 Å². The van der Waals surface area contributed by atoms with Gasteiger partial charge in [-0.3, -0.25) is 0 Å². The normalized spacial score (nSPS) is 23.4. The first-order valence-electron chi connectivity index (χ1n) is 3.94. The predicted octanol–water partition coefficient (Wildman–Crippen LogP) is 1.87. The minimum absolute atomic E-state index is 0.639. The molecule has 1 aliphatic rings. The molecule has 0 fully saturated rings. The summed E-state index contributed by atoms with van der Waals surface area (Å²) in [7, 11) is 0. The van der Waals surface area contributed by atoms with Crippen LogP contribution >= 0.6 is 0 Å². The zero-order valence-electron chi connectivity index (χ0n) is 6.34. The van der Waals surface area contributed by atoms with Gasteiger partial charge in [0.05, 0.1) is 0 Å². The third kappa shape index (κ3) is 2.36. The summed E-state index contributed by atoms with van der Waals surface area (Å²) in [6.07, 6.45) is 10.1. The van der Waals surface area contributed by atoms with E-state index in [4.69, 9.17) is 0 Å². The molecule has 1 N–H and O–H groups in total. The standard InChI is InChI=1S/C9H15N/c1-2-3-4-6-9-7-5-8-10-9/h2,5,7,9-10H,1,3-4,6,8H2. The van der Waals surface area contributed by atoms with Crippen molar-refractivity contribution in [3.8, 4) is 0 Å². The lowest BCUT2D eigenvalue weighted by atomic mass is 10.1. The summed E-state index contributed by atoms with van der Waals surface area (Å²) >= 11 is 0. The van der Waals surface area contributed by atoms with Crippen LogP contribution in [-0.4, -0.2) is 12.6 Å². The first kappa shape index (κ1) is 7.55. The van der Waals surface area contributed by atoms with Gasteiger partial charge in [0.1, 0.15) is 0 Å². The fraction of sp³-hybridized carbons (Fsp3) is 0.556. The van der Waals surface area contributed by atoms with E-state index in [0.29, 0.717) is 6.04 Å². The van der Waals surface area contributed by atoms with Crippen molar-refractivity contribution in [3.63, 3.8) is 0 Å². The maximum Gasteiger partial charge on any atom is 0.0253 e. The number of hydrogen-bond donors (Lipinski definition) is 1. The molecule has 1 nitrogen and oxygen atoms in total. The van der Waals surface area contributed by atoms with Crippen molar-refractivity contribution in [1.82, 2.24) is 5.32 Å². The van der Waals surface area contributed by atoms with Crippen LogP contribution in [0.3, 0.4) is 0 Å². The summed E-state index contributed by atoms with van der Waals surface area (Å²) < 4.78 is 0. The van der Waals surface area contributed by atoms with E-state index < -0.39 is 0 Å². The predicted molar refractivity (Wildman–Crippen MR) is 45.0 cm³/mol. The highest BCUT2D eigenvalue weighted by Gasteiger charge is 2.05. The van der Waals surface area contributed by atoms with Crippen molar-refractivity contribution in [2.75, 3.05) is 6.54 Å². The fourth-order valence-corrected chi connectivity index (χ4v) is 1.20. The molecule has 0 saturated heterocycles. The molecule has 0 bridgehead atoms. The molecular weight excluding hydrogens is 122 g/mol. The van der Waals surface area contributed by atoms with Crippen molar-refractivity contribution < 1.29 is 0 Å². The van der Waals surface area contributed by atoms with Gasteiger partial charge in [0, 0.05) is 12.6 Å². The van der Waals surface area contributed by atoms with E-state index in [1.165, 1.54) is 12.8 Å². The lowest BCUT2D eigenvalue weighted by molar-refractivity contribution is 0.592. The Morgan fingerprint density at radius 1 is 1.70 bits per heavy atom. The summed E-state index contributed by atoms with van der Waals surface area (Å²) in [4.78, 5) is 0. The van der Waals surface area contributed by atoms with Crippen LogP contribution in [-0.2, 0) is 0 Å². The van der Waals surface area contributed by atoms with Gasteiger partial charge in [0.2, 0.25) is 0 Å². The Balaban J connectivity index is 2.02. The van der Waals surface area contributed by atoms with Crippen LogP contribution < -0.4 is 5.32 Å². The zero-order valence-corrected chi connectivity index (χ0v) is 6.34. The highest BCUT2D eigenvalue weighted by atomic mass is 14.9. The molecule has 0 aromatic rings. The topological polar surface area (TPSA) is 12.0 Å². The molecule has 0 aromatic carbocycles. The van der Waals surface area contributed by atoms with Crippen molar-refractivity contribution in [3.05, 3.63) is 24.8 Å². The molecule has 1 rings (SSSR count). The second-order valence-corrected chi connectivity index (χ2v) is 2.66. The first-order valence-corrected chi connectivity index (χ1v) is 3.94. The molecule has 0 aromatic heterocycles. The van der Waals surface area contributed by atoms with E-state index in [1.54, 1.807) is 0 Å². The van der Waals surface area contributed by atoms with E-state index in [2.05, 4.69) is 24.0 Å². The number of hydrogen-bond acceptors (Lipinski definition) is 1. The molecule has 1 heterocycles. The summed E-state index contributed by atoms with van der Waals surface area (Å²) in [6, 6.07) is 0.639. The largest absolute Gasteiger partial charge is 0.307 e. The van der Waals surface area contributed by atoms with E-state index in [9.17, 15) is 0 Å². The van der Waals surface area contributed by atoms with Crippen LogP contribution in [0.1, 0.15) is 19.3 Å². The number of allylic oxidation sites excluding steroid dienone is 1. The Bertz CT molecular complexity index is 127. The van der Waals surface area contributed by atoms with Crippen molar-refractivity contribution in [2.24, 2.45) is 0 Å². The Kier molecular flexibility index (Phi) is 3.23. The Hall–Kier alpha value is -0.560. The molecule has 1 unspecified atom stereocenters. The van der Waals surface area contributed by atoms with Crippen molar-refractivity contribution >= 4 is 0 Å². The highest BCUT2D eigenvalue weighted by Crippen LogP contribution is 2.05. The number of nitrogens with one attached hydrogen (secondary N) is 1. The second kappa shape index (κ2) is 4.29. The van der Waals surface area contributed by atoms with Gasteiger partial charge in [-0.05, 0) is 19.3 Å². The molecule has 1 heteroatoms. The van der Waals surface area contributed by atoms with Crippen LogP contribution in [0.2, 0.25) is 0 Å². The number of rotatable bonds is 4. The SMILES string of the molecule is C=CCCCC1C=CCN1. The highest BCUT2D eigenvalue weighted by molar-refractivity contribution is 5.01. The molecule has 0 amide bonds.